The van der Waals surface area contributed by atoms with Crippen molar-refractivity contribution in [1.29, 1.82) is 0 Å². The summed E-state index contributed by atoms with van der Waals surface area (Å²) in [5.74, 6) is 0.409. The van der Waals surface area contributed by atoms with Gasteiger partial charge in [0, 0.05) is 16.8 Å². The van der Waals surface area contributed by atoms with Gasteiger partial charge >= 0.3 is 0 Å². The average Bonchev–Trinajstić information content (AvgIpc) is 2.22. The fourth-order valence-corrected chi connectivity index (χ4v) is 1.99. The lowest BCUT2D eigenvalue weighted by Crippen LogP contribution is -1.99. The molecule has 1 aromatic heterocycles. The number of hydrogen-bond acceptors (Lipinski definition) is 2. The topological polar surface area (TPSA) is 38.9 Å². The van der Waals surface area contributed by atoms with Crippen LogP contribution in [0.25, 0.3) is 10.9 Å². The Hall–Kier alpha value is -1.57. The van der Waals surface area contributed by atoms with Crippen LogP contribution in [-0.2, 0) is 0 Å². The molecule has 1 aromatic carbocycles. The molecule has 0 aliphatic rings. The highest BCUT2D eigenvalue weighted by Gasteiger charge is 2.09. The van der Waals surface area contributed by atoms with E-state index in [4.69, 9.17) is 10.7 Å². The third-order valence-corrected chi connectivity index (χ3v) is 3.01. The maximum absolute atomic E-state index is 6.12. The molecule has 0 aliphatic carbocycles. The molecule has 16 heavy (non-hydrogen) atoms. The summed E-state index contributed by atoms with van der Waals surface area (Å²) >= 11 is 0. The highest BCUT2D eigenvalue weighted by atomic mass is 14.7. The summed E-state index contributed by atoms with van der Waals surface area (Å²) in [4.78, 5) is 4.72. The standard InChI is InChI=1S/C14H18N2/c1-8(2)12-7-11(15)13-9(3)5-6-10(4)14(13)16-12/h5-8H,1-4H3,(H2,15,16). The second-order valence-corrected chi connectivity index (χ2v) is 4.71. The van der Waals surface area contributed by atoms with Crippen LogP contribution in [-0.4, -0.2) is 4.98 Å². The second-order valence-electron chi connectivity index (χ2n) is 4.71. The summed E-state index contributed by atoms with van der Waals surface area (Å²) in [7, 11) is 0. The van der Waals surface area contributed by atoms with Gasteiger partial charge in [-0.25, -0.2) is 0 Å². The predicted octanol–water partition coefficient (Wildman–Crippen LogP) is 3.56. The third kappa shape index (κ3) is 1.64. The lowest BCUT2D eigenvalue weighted by atomic mass is 10.0. The Bertz CT molecular complexity index is 542. The number of rotatable bonds is 1. The number of aryl methyl sites for hydroxylation is 2. The fourth-order valence-electron chi connectivity index (χ4n) is 1.99. The quantitative estimate of drug-likeness (QED) is 0.788. The molecule has 2 N–H and O–H groups in total. The Morgan fingerprint density at radius 1 is 1.12 bits per heavy atom. The Balaban J connectivity index is 2.86. The van der Waals surface area contributed by atoms with Gasteiger partial charge < -0.3 is 5.73 Å². The van der Waals surface area contributed by atoms with E-state index in [-0.39, 0.29) is 0 Å². The minimum atomic E-state index is 0.409. The van der Waals surface area contributed by atoms with Gasteiger partial charge in [-0.2, -0.15) is 0 Å². The van der Waals surface area contributed by atoms with E-state index in [0.717, 1.165) is 22.3 Å². The molecule has 2 aromatic rings. The van der Waals surface area contributed by atoms with Gasteiger partial charge in [0.05, 0.1) is 5.52 Å². The maximum atomic E-state index is 6.12. The maximum Gasteiger partial charge on any atom is 0.0757 e. The van der Waals surface area contributed by atoms with Crippen molar-refractivity contribution < 1.29 is 0 Å². The zero-order valence-corrected chi connectivity index (χ0v) is 10.3. The van der Waals surface area contributed by atoms with Crippen LogP contribution < -0.4 is 5.73 Å². The first kappa shape index (κ1) is 10.9. The number of nitrogens with zero attached hydrogens (tertiary/aromatic N) is 1. The molecule has 0 aliphatic heterocycles. The van der Waals surface area contributed by atoms with Gasteiger partial charge in [-0.15, -0.1) is 0 Å². The van der Waals surface area contributed by atoms with Crippen LogP contribution in [0.2, 0.25) is 0 Å². The zero-order valence-electron chi connectivity index (χ0n) is 10.3. The van der Waals surface area contributed by atoms with Crippen LogP contribution in [0, 0.1) is 13.8 Å². The molecule has 0 bridgehead atoms. The minimum absolute atomic E-state index is 0.409. The molecule has 0 spiro atoms. The number of pyridine rings is 1. The minimum Gasteiger partial charge on any atom is -0.398 e. The van der Waals surface area contributed by atoms with Crippen molar-refractivity contribution in [2.75, 3.05) is 5.73 Å². The first-order valence-corrected chi connectivity index (χ1v) is 5.67. The molecule has 0 fully saturated rings. The lowest BCUT2D eigenvalue weighted by molar-refractivity contribution is 0.830. The second kappa shape index (κ2) is 3.78. The van der Waals surface area contributed by atoms with Crippen LogP contribution >= 0.6 is 0 Å². The first-order chi connectivity index (χ1) is 7.50. The Labute approximate surface area is 96.5 Å². The molecule has 0 atom stereocenters. The normalized spacial score (nSPS) is 11.3. The van der Waals surface area contributed by atoms with Crippen molar-refractivity contribution in [1.82, 2.24) is 4.98 Å². The number of benzene rings is 1. The highest BCUT2D eigenvalue weighted by molar-refractivity contribution is 5.95. The van der Waals surface area contributed by atoms with Crippen molar-refractivity contribution in [3.8, 4) is 0 Å². The van der Waals surface area contributed by atoms with Gasteiger partial charge in [0.25, 0.3) is 0 Å². The van der Waals surface area contributed by atoms with Crippen LogP contribution in [0.15, 0.2) is 18.2 Å². The van der Waals surface area contributed by atoms with Crippen LogP contribution in [0.4, 0.5) is 5.69 Å². The summed E-state index contributed by atoms with van der Waals surface area (Å²) < 4.78 is 0. The van der Waals surface area contributed by atoms with E-state index in [1.807, 2.05) is 6.07 Å². The van der Waals surface area contributed by atoms with Gasteiger partial charge in [-0.1, -0.05) is 26.0 Å². The number of nitrogens with two attached hydrogens (primary N) is 1. The number of fused-ring (bicyclic) bond motifs is 1. The fraction of sp³-hybridized carbons (Fsp3) is 0.357. The Kier molecular flexibility index (Phi) is 2.58. The summed E-state index contributed by atoms with van der Waals surface area (Å²) in [6.45, 7) is 8.44. The van der Waals surface area contributed by atoms with E-state index < -0.39 is 0 Å². The van der Waals surface area contributed by atoms with Crippen LogP contribution in [0.1, 0.15) is 36.6 Å². The van der Waals surface area contributed by atoms with Gasteiger partial charge in [0.15, 0.2) is 0 Å². The van der Waals surface area contributed by atoms with Gasteiger partial charge in [0.2, 0.25) is 0 Å². The largest absolute Gasteiger partial charge is 0.398 e. The third-order valence-electron chi connectivity index (χ3n) is 3.01. The molecule has 84 valence electrons. The molecule has 0 saturated carbocycles. The van der Waals surface area contributed by atoms with E-state index >= 15 is 0 Å². The van der Waals surface area contributed by atoms with Crippen molar-refractivity contribution in [2.45, 2.75) is 33.6 Å². The van der Waals surface area contributed by atoms with E-state index in [0.29, 0.717) is 5.92 Å². The van der Waals surface area contributed by atoms with Crippen molar-refractivity contribution in [3.05, 3.63) is 35.0 Å². The van der Waals surface area contributed by atoms with E-state index in [1.54, 1.807) is 0 Å². The lowest BCUT2D eigenvalue weighted by Gasteiger charge is -2.12. The molecular formula is C14H18N2. The monoisotopic (exact) mass is 214 g/mol. The molecular weight excluding hydrogens is 196 g/mol. The van der Waals surface area contributed by atoms with Gasteiger partial charge in [-0.3, -0.25) is 4.98 Å². The molecule has 0 amide bonds. The molecule has 0 unspecified atom stereocenters. The van der Waals surface area contributed by atoms with E-state index in [2.05, 4.69) is 39.8 Å². The van der Waals surface area contributed by atoms with E-state index in [9.17, 15) is 0 Å². The van der Waals surface area contributed by atoms with Crippen molar-refractivity contribution in [3.63, 3.8) is 0 Å². The molecule has 0 radical (unpaired) electrons. The molecule has 1 heterocycles. The first-order valence-electron chi connectivity index (χ1n) is 5.67. The zero-order chi connectivity index (χ0) is 11.9. The number of anilines is 1. The molecule has 2 nitrogen and oxygen atoms in total. The predicted molar refractivity (Wildman–Crippen MR) is 69.7 cm³/mol. The number of aromatic nitrogens is 1. The van der Waals surface area contributed by atoms with Crippen molar-refractivity contribution in [2.24, 2.45) is 0 Å². The summed E-state index contributed by atoms with van der Waals surface area (Å²) in [6, 6.07) is 6.21. The van der Waals surface area contributed by atoms with Crippen LogP contribution in [0.5, 0.6) is 0 Å². The molecule has 2 heteroatoms. The molecule has 2 rings (SSSR count). The average molecular weight is 214 g/mol. The Morgan fingerprint density at radius 2 is 1.75 bits per heavy atom. The molecule has 0 saturated heterocycles. The van der Waals surface area contributed by atoms with Gasteiger partial charge in [0.1, 0.15) is 0 Å². The Morgan fingerprint density at radius 3 is 2.38 bits per heavy atom. The van der Waals surface area contributed by atoms with Crippen LogP contribution in [0.3, 0.4) is 0 Å². The van der Waals surface area contributed by atoms with E-state index in [1.165, 1.54) is 11.1 Å². The summed E-state index contributed by atoms with van der Waals surface area (Å²) in [6.07, 6.45) is 0. The number of hydrogen-bond donors (Lipinski definition) is 1. The summed E-state index contributed by atoms with van der Waals surface area (Å²) in [5, 5.41) is 1.10. The number of nitrogen functional groups attached to an aromatic ring is 1. The SMILES string of the molecule is Cc1ccc(C)c2c(N)cc(C(C)C)nc12. The van der Waals surface area contributed by atoms with Gasteiger partial charge in [-0.05, 0) is 37.0 Å². The summed E-state index contributed by atoms with van der Waals surface area (Å²) in [5.41, 5.74) is 11.5. The highest BCUT2D eigenvalue weighted by Crippen LogP contribution is 2.28. The van der Waals surface area contributed by atoms with Crippen molar-refractivity contribution >= 4 is 16.6 Å². The smallest absolute Gasteiger partial charge is 0.0757 e.